The summed E-state index contributed by atoms with van der Waals surface area (Å²) >= 11 is 6.91. The lowest BCUT2D eigenvalue weighted by Gasteiger charge is -2.13. The highest BCUT2D eigenvalue weighted by molar-refractivity contribution is 6.35. The second kappa shape index (κ2) is 6.05. The fourth-order valence-electron chi connectivity index (χ4n) is 3.72. The van der Waals surface area contributed by atoms with Crippen molar-refractivity contribution in [3.63, 3.8) is 0 Å². The first-order chi connectivity index (χ1) is 12.8. The molecule has 26 heavy (non-hydrogen) atoms. The van der Waals surface area contributed by atoms with E-state index < -0.39 is 0 Å². The van der Waals surface area contributed by atoms with Crippen molar-refractivity contribution >= 4 is 33.4 Å². The third-order valence-corrected chi connectivity index (χ3v) is 5.28. The van der Waals surface area contributed by atoms with E-state index in [1.165, 1.54) is 21.8 Å². The molecule has 0 spiro atoms. The standard InChI is InChI=1S/C24H16ClN/c25-24-18(17-9-2-1-3-10-17)13-8-16-23(24)26-21-14-6-4-11-19(21)20-12-5-7-15-22(20)26/h1-16H. The molecule has 1 nitrogen and oxygen atoms in total. The zero-order valence-corrected chi connectivity index (χ0v) is 14.8. The predicted molar refractivity (Wildman–Crippen MR) is 111 cm³/mol. The lowest BCUT2D eigenvalue weighted by atomic mass is 10.0. The average molecular weight is 354 g/mol. The monoisotopic (exact) mass is 353 g/mol. The zero-order valence-electron chi connectivity index (χ0n) is 14.1. The van der Waals surface area contributed by atoms with Crippen molar-refractivity contribution in [1.82, 2.24) is 4.57 Å². The summed E-state index contributed by atoms with van der Waals surface area (Å²) in [6, 6.07) is 33.5. The van der Waals surface area contributed by atoms with Gasteiger partial charge < -0.3 is 4.57 Å². The van der Waals surface area contributed by atoms with Gasteiger partial charge in [0, 0.05) is 16.3 Å². The number of halogens is 1. The first-order valence-corrected chi connectivity index (χ1v) is 9.05. The van der Waals surface area contributed by atoms with E-state index in [0.29, 0.717) is 0 Å². The molecule has 0 aliphatic heterocycles. The summed E-state index contributed by atoms with van der Waals surface area (Å²) in [5.74, 6) is 0. The van der Waals surface area contributed by atoms with E-state index in [1.807, 2.05) is 18.2 Å². The number of para-hydroxylation sites is 2. The van der Waals surface area contributed by atoms with E-state index >= 15 is 0 Å². The molecule has 0 aliphatic rings. The van der Waals surface area contributed by atoms with E-state index in [4.69, 9.17) is 11.6 Å². The van der Waals surface area contributed by atoms with Crippen LogP contribution in [0.3, 0.4) is 0 Å². The first kappa shape index (κ1) is 15.2. The maximum atomic E-state index is 6.91. The summed E-state index contributed by atoms with van der Waals surface area (Å²) in [4.78, 5) is 0. The molecule has 5 rings (SSSR count). The molecule has 0 unspecified atom stereocenters. The quantitative estimate of drug-likeness (QED) is 0.319. The van der Waals surface area contributed by atoms with Gasteiger partial charge in [0.2, 0.25) is 0 Å². The minimum absolute atomic E-state index is 0.769. The van der Waals surface area contributed by atoms with Crippen LogP contribution in [0, 0.1) is 0 Å². The van der Waals surface area contributed by atoms with Crippen molar-refractivity contribution in [3.8, 4) is 16.8 Å². The van der Waals surface area contributed by atoms with Crippen LogP contribution in [-0.4, -0.2) is 4.57 Å². The van der Waals surface area contributed by atoms with Crippen LogP contribution in [0.5, 0.6) is 0 Å². The van der Waals surface area contributed by atoms with Crippen molar-refractivity contribution in [2.24, 2.45) is 0 Å². The molecular formula is C24H16ClN. The van der Waals surface area contributed by atoms with Crippen LogP contribution < -0.4 is 0 Å². The largest absolute Gasteiger partial charge is 0.308 e. The van der Waals surface area contributed by atoms with Gasteiger partial charge in [-0.15, -0.1) is 0 Å². The third-order valence-electron chi connectivity index (χ3n) is 4.88. The third kappa shape index (κ3) is 2.25. The molecule has 0 fully saturated rings. The van der Waals surface area contributed by atoms with Gasteiger partial charge in [-0.1, -0.05) is 90.5 Å². The lowest BCUT2D eigenvalue weighted by molar-refractivity contribution is 1.18. The molecule has 0 radical (unpaired) electrons. The Labute approximate surface area is 157 Å². The maximum Gasteiger partial charge on any atom is 0.0725 e. The summed E-state index contributed by atoms with van der Waals surface area (Å²) in [5.41, 5.74) is 5.51. The topological polar surface area (TPSA) is 4.93 Å². The molecule has 124 valence electrons. The summed E-state index contributed by atoms with van der Waals surface area (Å²) in [7, 11) is 0. The average Bonchev–Trinajstić information content (AvgIpc) is 3.03. The van der Waals surface area contributed by atoms with Crippen LogP contribution in [0.25, 0.3) is 38.6 Å². The lowest BCUT2D eigenvalue weighted by Crippen LogP contribution is -1.96. The van der Waals surface area contributed by atoms with Gasteiger partial charge in [-0.05, 0) is 23.8 Å². The van der Waals surface area contributed by atoms with E-state index in [9.17, 15) is 0 Å². The van der Waals surface area contributed by atoms with Crippen molar-refractivity contribution in [3.05, 3.63) is 102 Å². The summed E-state index contributed by atoms with van der Waals surface area (Å²) in [5, 5.41) is 3.25. The Morgan fingerprint density at radius 1 is 0.538 bits per heavy atom. The van der Waals surface area contributed by atoms with Crippen molar-refractivity contribution in [1.29, 1.82) is 0 Å². The second-order valence-electron chi connectivity index (χ2n) is 6.37. The molecule has 2 heteroatoms. The Hall–Kier alpha value is -3.03. The predicted octanol–water partition coefficient (Wildman–Crippen LogP) is 7.10. The molecule has 4 aromatic carbocycles. The molecule has 0 bridgehead atoms. The van der Waals surface area contributed by atoms with E-state index in [0.717, 1.165) is 21.8 Å². The molecule has 0 amide bonds. The highest BCUT2D eigenvalue weighted by atomic mass is 35.5. The van der Waals surface area contributed by atoms with Gasteiger partial charge in [0.05, 0.1) is 21.7 Å². The summed E-state index contributed by atoms with van der Waals surface area (Å²) in [6.07, 6.45) is 0. The molecule has 1 heterocycles. The molecule has 1 aromatic heterocycles. The SMILES string of the molecule is Clc1c(-c2ccccc2)cccc1-n1c2ccccc2c2ccccc21. The van der Waals surface area contributed by atoms with E-state index in [1.54, 1.807) is 0 Å². The maximum absolute atomic E-state index is 6.91. The van der Waals surface area contributed by atoms with Crippen LogP contribution in [-0.2, 0) is 0 Å². The Bertz CT molecular complexity index is 1180. The molecule has 5 aromatic rings. The number of fused-ring (bicyclic) bond motifs is 3. The molecule has 0 N–H and O–H groups in total. The molecule has 0 saturated carbocycles. The number of benzene rings is 4. The van der Waals surface area contributed by atoms with Crippen molar-refractivity contribution in [2.75, 3.05) is 0 Å². The van der Waals surface area contributed by atoms with Crippen LogP contribution in [0.4, 0.5) is 0 Å². The van der Waals surface area contributed by atoms with Crippen LogP contribution in [0.2, 0.25) is 5.02 Å². The molecular weight excluding hydrogens is 338 g/mol. The molecule has 0 saturated heterocycles. The van der Waals surface area contributed by atoms with Crippen molar-refractivity contribution in [2.45, 2.75) is 0 Å². The van der Waals surface area contributed by atoms with Crippen LogP contribution in [0.1, 0.15) is 0 Å². The Morgan fingerprint density at radius 2 is 1.12 bits per heavy atom. The minimum atomic E-state index is 0.769. The second-order valence-corrected chi connectivity index (χ2v) is 6.75. The summed E-state index contributed by atoms with van der Waals surface area (Å²) in [6.45, 7) is 0. The van der Waals surface area contributed by atoms with Gasteiger partial charge in [-0.2, -0.15) is 0 Å². The number of aromatic nitrogens is 1. The van der Waals surface area contributed by atoms with E-state index in [2.05, 4.69) is 83.4 Å². The molecule has 0 aliphatic carbocycles. The van der Waals surface area contributed by atoms with Gasteiger partial charge in [0.15, 0.2) is 0 Å². The van der Waals surface area contributed by atoms with Gasteiger partial charge in [-0.3, -0.25) is 0 Å². The number of hydrogen-bond acceptors (Lipinski definition) is 0. The number of nitrogens with zero attached hydrogens (tertiary/aromatic N) is 1. The fraction of sp³-hybridized carbons (Fsp3) is 0. The van der Waals surface area contributed by atoms with E-state index in [-0.39, 0.29) is 0 Å². The normalized spacial score (nSPS) is 11.3. The van der Waals surface area contributed by atoms with Crippen LogP contribution >= 0.6 is 11.6 Å². The van der Waals surface area contributed by atoms with Gasteiger partial charge in [-0.25, -0.2) is 0 Å². The first-order valence-electron chi connectivity index (χ1n) is 8.67. The molecule has 0 atom stereocenters. The van der Waals surface area contributed by atoms with Crippen molar-refractivity contribution < 1.29 is 0 Å². The Balaban J connectivity index is 1.87. The van der Waals surface area contributed by atoms with Gasteiger partial charge in [0.25, 0.3) is 0 Å². The van der Waals surface area contributed by atoms with Gasteiger partial charge in [0.1, 0.15) is 0 Å². The van der Waals surface area contributed by atoms with Gasteiger partial charge >= 0.3 is 0 Å². The Morgan fingerprint density at radius 3 is 1.77 bits per heavy atom. The fourth-order valence-corrected chi connectivity index (χ4v) is 4.03. The smallest absolute Gasteiger partial charge is 0.0725 e. The van der Waals surface area contributed by atoms with Crippen LogP contribution in [0.15, 0.2) is 97.1 Å². The Kier molecular flexibility index (Phi) is 3.55. The zero-order chi connectivity index (χ0) is 17.5. The number of hydrogen-bond donors (Lipinski definition) is 0. The minimum Gasteiger partial charge on any atom is -0.308 e. The summed E-state index contributed by atoms with van der Waals surface area (Å²) < 4.78 is 2.26. The highest BCUT2D eigenvalue weighted by Gasteiger charge is 2.15. The highest BCUT2D eigenvalue weighted by Crippen LogP contribution is 2.38. The number of rotatable bonds is 2.